The molecule has 0 heterocycles. The van der Waals surface area contributed by atoms with Crippen LogP contribution in [0, 0.1) is 0 Å². The number of hydrogen-bond acceptors (Lipinski definition) is 0. The van der Waals surface area contributed by atoms with Crippen molar-refractivity contribution < 1.29 is 0 Å². The Kier molecular flexibility index (Phi) is 3.39. The SMILES string of the molecule is C[SiH](c1ccccc1)c1ccc(Br)cc1. The minimum atomic E-state index is -0.960. The molecular formula is C13H13BrSi. The largest absolute Gasteiger partial charge is 0.0997 e. The van der Waals surface area contributed by atoms with Crippen LogP contribution in [0.25, 0.3) is 0 Å². The standard InChI is InChI=1S/C13H13BrSi/c1-15(12-5-3-2-4-6-12)13-9-7-11(14)8-10-13/h2-10,15H,1H3. The van der Waals surface area contributed by atoms with Gasteiger partial charge in [0.1, 0.15) is 0 Å². The number of halogens is 1. The molecule has 0 radical (unpaired) electrons. The van der Waals surface area contributed by atoms with Crippen molar-refractivity contribution in [2.24, 2.45) is 0 Å². The minimum Gasteiger partial charge on any atom is -0.0642 e. The van der Waals surface area contributed by atoms with Gasteiger partial charge in [-0.3, -0.25) is 0 Å². The van der Waals surface area contributed by atoms with E-state index in [1.165, 1.54) is 10.4 Å². The van der Waals surface area contributed by atoms with Crippen molar-refractivity contribution in [2.75, 3.05) is 0 Å². The summed E-state index contributed by atoms with van der Waals surface area (Å²) in [6.45, 7) is 2.37. The van der Waals surface area contributed by atoms with Gasteiger partial charge in [-0.25, -0.2) is 0 Å². The summed E-state index contributed by atoms with van der Waals surface area (Å²) in [5.41, 5.74) is 0. The summed E-state index contributed by atoms with van der Waals surface area (Å²) < 4.78 is 1.15. The molecule has 0 aliphatic heterocycles. The van der Waals surface area contributed by atoms with E-state index in [0.29, 0.717) is 0 Å². The molecule has 0 aromatic heterocycles. The Bertz CT molecular complexity index is 422. The first kappa shape index (κ1) is 10.6. The van der Waals surface area contributed by atoms with E-state index in [1.54, 1.807) is 0 Å². The first-order valence-electron chi connectivity index (χ1n) is 5.08. The van der Waals surface area contributed by atoms with Gasteiger partial charge in [0.25, 0.3) is 0 Å². The van der Waals surface area contributed by atoms with Gasteiger partial charge in [-0.2, -0.15) is 0 Å². The molecule has 0 nitrogen and oxygen atoms in total. The number of hydrogen-bond donors (Lipinski definition) is 0. The van der Waals surface area contributed by atoms with Crippen LogP contribution in [-0.2, 0) is 0 Å². The highest BCUT2D eigenvalue weighted by atomic mass is 79.9. The van der Waals surface area contributed by atoms with E-state index in [4.69, 9.17) is 0 Å². The topological polar surface area (TPSA) is 0 Å². The summed E-state index contributed by atoms with van der Waals surface area (Å²) in [5, 5.41) is 2.99. The normalized spacial score (nSPS) is 12.4. The zero-order chi connectivity index (χ0) is 10.7. The second-order valence-corrected chi connectivity index (χ2v) is 7.38. The van der Waals surface area contributed by atoms with Gasteiger partial charge in [-0.05, 0) is 12.1 Å². The van der Waals surface area contributed by atoms with E-state index >= 15 is 0 Å². The molecule has 1 atom stereocenters. The molecule has 0 N–H and O–H groups in total. The van der Waals surface area contributed by atoms with Crippen LogP contribution in [0.2, 0.25) is 6.55 Å². The second-order valence-electron chi connectivity index (χ2n) is 3.68. The van der Waals surface area contributed by atoms with Crippen molar-refractivity contribution in [1.82, 2.24) is 0 Å². The van der Waals surface area contributed by atoms with Crippen LogP contribution < -0.4 is 10.4 Å². The Morgan fingerprint density at radius 3 is 1.93 bits per heavy atom. The van der Waals surface area contributed by atoms with E-state index in [1.807, 2.05) is 0 Å². The zero-order valence-electron chi connectivity index (χ0n) is 8.65. The van der Waals surface area contributed by atoms with Gasteiger partial charge in [0.2, 0.25) is 0 Å². The summed E-state index contributed by atoms with van der Waals surface area (Å²) in [4.78, 5) is 0. The van der Waals surface area contributed by atoms with Crippen LogP contribution in [-0.4, -0.2) is 8.80 Å². The average molecular weight is 277 g/mol. The maximum absolute atomic E-state index is 3.47. The maximum Gasteiger partial charge on any atom is 0.0997 e. The molecule has 0 spiro atoms. The fourth-order valence-corrected chi connectivity index (χ4v) is 3.90. The molecule has 15 heavy (non-hydrogen) atoms. The van der Waals surface area contributed by atoms with Crippen LogP contribution >= 0.6 is 15.9 Å². The second kappa shape index (κ2) is 4.77. The summed E-state index contributed by atoms with van der Waals surface area (Å²) in [6, 6.07) is 19.5. The average Bonchev–Trinajstić information content (AvgIpc) is 2.30. The van der Waals surface area contributed by atoms with Crippen molar-refractivity contribution in [1.29, 1.82) is 0 Å². The van der Waals surface area contributed by atoms with Crippen molar-refractivity contribution in [3.8, 4) is 0 Å². The highest BCUT2D eigenvalue weighted by molar-refractivity contribution is 9.10. The van der Waals surface area contributed by atoms with E-state index in [-0.39, 0.29) is 0 Å². The molecule has 0 aliphatic rings. The summed E-state index contributed by atoms with van der Waals surface area (Å²) in [5.74, 6) is 0. The molecule has 0 bridgehead atoms. The third-order valence-electron chi connectivity index (χ3n) is 2.67. The fraction of sp³-hybridized carbons (Fsp3) is 0.0769. The van der Waals surface area contributed by atoms with Crippen molar-refractivity contribution >= 4 is 35.1 Å². The first-order chi connectivity index (χ1) is 7.27. The van der Waals surface area contributed by atoms with Crippen LogP contribution in [0.15, 0.2) is 59.1 Å². The molecule has 0 saturated carbocycles. The lowest BCUT2D eigenvalue weighted by Gasteiger charge is -2.10. The highest BCUT2D eigenvalue weighted by Crippen LogP contribution is 2.05. The molecule has 2 aromatic rings. The smallest absolute Gasteiger partial charge is 0.0642 e. The van der Waals surface area contributed by atoms with E-state index in [0.717, 1.165) is 4.47 Å². The van der Waals surface area contributed by atoms with Gasteiger partial charge in [0.15, 0.2) is 0 Å². The lowest BCUT2D eigenvalue weighted by atomic mass is 10.4. The quantitative estimate of drug-likeness (QED) is 0.740. The van der Waals surface area contributed by atoms with Crippen molar-refractivity contribution in [2.45, 2.75) is 6.55 Å². The Morgan fingerprint density at radius 2 is 1.33 bits per heavy atom. The Labute approximate surface area is 101 Å². The number of benzene rings is 2. The van der Waals surface area contributed by atoms with Gasteiger partial charge in [0.05, 0.1) is 8.80 Å². The van der Waals surface area contributed by atoms with Gasteiger partial charge in [-0.15, -0.1) is 0 Å². The molecule has 0 saturated heterocycles. The molecule has 2 aromatic carbocycles. The van der Waals surface area contributed by atoms with Gasteiger partial charge >= 0.3 is 0 Å². The third-order valence-corrected chi connectivity index (χ3v) is 5.97. The monoisotopic (exact) mass is 276 g/mol. The molecule has 1 unspecified atom stereocenters. The molecule has 0 fully saturated rings. The maximum atomic E-state index is 3.47. The van der Waals surface area contributed by atoms with Crippen molar-refractivity contribution in [3.05, 3.63) is 59.1 Å². The predicted molar refractivity (Wildman–Crippen MR) is 72.9 cm³/mol. The van der Waals surface area contributed by atoms with Gasteiger partial charge in [0, 0.05) is 4.47 Å². The van der Waals surface area contributed by atoms with Crippen LogP contribution in [0.4, 0.5) is 0 Å². The predicted octanol–water partition coefficient (Wildman–Crippen LogP) is 2.42. The van der Waals surface area contributed by atoms with Crippen LogP contribution in [0.5, 0.6) is 0 Å². The Balaban J connectivity index is 2.29. The molecule has 76 valence electrons. The first-order valence-corrected chi connectivity index (χ1v) is 8.18. The lowest BCUT2D eigenvalue weighted by Crippen LogP contribution is -2.38. The van der Waals surface area contributed by atoms with E-state index in [2.05, 4.69) is 77.1 Å². The molecule has 2 heteroatoms. The third kappa shape index (κ3) is 2.58. The highest BCUT2D eigenvalue weighted by Gasteiger charge is 2.08. The zero-order valence-corrected chi connectivity index (χ0v) is 11.4. The Hall–Kier alpha value is -0.863. The summed E-state index contributed by atoms with van der Waals surface area (Å²) >= 11 is 3.47. The van der Waals surface area contributed by atoms with Crippen LogP contribution in [0.1, 0.15) is 0 Å². The summed E-state index contributed by atoms with van der Waals surface area (Å²) in [7, 11) is -0.960. The van der Waals surface area contributed by atoms with Crippen molar-refractivity contribution in [3.63, 3.8) is 0 Å². The minimum absolute atomic E-state index is 0.960. The van der Waals surface area contributed by atoms with E-state index in [9.17, 15) is 0 Å². The molecular weight excluding hydrogens is 264 g/mol. The van der Waals surface area contributed by atoms with Crippen LogP contribution in [0.3, 0.4) is 0 Å². The fourth-order valence-electron chi connectivity index (χ4n) is 1.69. The molecule has 0 aliphatic carbocycles. The number of rotatable bonds is 2. The van der Waals surface area contributed by atoms with Gasteiger partial charge in [-0.1, -0.05) is 75.3 Å². The van der Waals surface area contributed by atoms with Gasteiger partial charge < -0.3 is 0 Å². The van der Waals surface area contributed by atoms with E-state index < -0.39 is 8.80 Å². The molecule has 2 rings (SSSR count). The molecule has 0 amide bonds. The lowest BCUT2D eigenvalue weighted by molar-refractivity contribution is 1.68. The Morgan fingerprint density at radius 1 is 0.800 bits per heavy atom. The summed E-state index contributed by atoms with van der Waals surface area (Å²) in [6.07, 6.45) is 0.